The van der Waals surface area contributed by atoms with Crippen molar-refractivity contribution in [2.75, 3.05) is 6.54 Å². The molecule has 2 unspecified atom stereocenters. The lowest BCUT2D eigenvalue weighted by Gasteiger charge is -2.15. The summed E-state index contributed by atoms with van der Waals surface area (Å²) < 4.78 is 5.57. The smallest absolute Gasteiger partial charge is 0.260 e. The molecule has 0 spiro atoms. The molecule has 1 rings (SSSR count). The van der Waals surface area contributed by atoms with Gasteiger partial charge in [-0.3, -0.25) is 4.79 Å². The van der Waals surface area contributed by atoms with Crippen molar-refractivity contribution in [3.05, 3.63) is 29.8 Å². The van der Waals surface area contributed by atoms with Gasteiger partial charge in [0.2, 0.25) is 0 Å². The van der Waals surface area contributed by atoms with Crippen molar-refractivity contribution in [1.29, 1.82) is 0 Å². The lowest BCUT2D eigenvalue weighted by Crippen LogP contribution is -2.37. The minimum atomic E-state index is -0.528. The number of nitrogens with one attached hydrogen (secondary N) is 1. The molecular formula is C16H25NO3. The molecule has 1 amide bonds. The van der Waals surface area contributed by atoms with Gasteiger partial charge in [0.25, 0.3) is 5.91 Å². The Hall–Kier alpha value is -1.55. The summed E-state index contributed by atoms with van der Waals surface area (Å²) in [5.74, 6) is 1.09. The van der Waals surface area contributed by atoms with Crippen molar-refractivity contribution in [1.82, 2.24) is 5.32 Å². The van der Waals surface area contributed by atoms with Gasteiger partial charge in [-0.1, -0.05) is 26.0 Å². The number of amides is 1. The second-order valence-corrected chi connectivity index (χ2v) is 5.48. The third-order valence-corrected chi connectivity index (χ3v) is 3.07. The molecule has 0 bridgehead atoms. The summed E-state index contributed by atoms with van der Waals surface area (Å²) in [6.07, 6.45) is -0.0676. The van der Waals surface area contributed by atoms with E-state index in [9.17, 15) is 9.90 Å². The van der Waals surface area contributed by atoms with Crippen molar-refractivity contribution in [2.24, 2.45) is 5.92 Å². The molecule has 0 saturated carbocycles. The second-order valence-electron chi connectivity index (χ2n) is 5.48. The summed E-state index contributed by atoms with van der Waals surface area (Å²) in [4.78, 5) is 11.8. The van der Waals surface area contributed by atoms with Crippen molar-refractivity contribution in [3.8, 4) is 5.75 Å². The quantitative estimate of drug-likeness (QED) is 0.806. The van der Waals surface area contributed by atoms with Gasteiger partial charge in [-0.15, -0.1) is 0 Å². The predicted octanol–water partition coefficient (Wildman–Crippen LogP) is 2.67. The van der Waals surface area contributed by atoms with Gasteiger partial charge in [0.05, 0.1) is 6.10 Å². The average Bonchev–Trinajstić information content (AvgIpc) is 2.38. The van der Waals surface area contributed by atoms with E-state index in [2.05, 4.69) is 19.2 Å². The van der Waals surface area contributed by atoms with E-state index >= 15 is 0 Å². The van der Waals surface area contributed by atoms with Crippen LogP contribution in [0, 0.1) is 5.92 Å². The Morgan fingerprint density at radius 2 is 1.80 bits per heavy atom. The van der Waals surface area contributed by atoms with Gasteiger partial charge >= 0.3 is 0 Å². The number of hydrogen-bond acceptors (Lipinski definition) is 3. The fourth-order valence-electron chi connectivity index (χ4n) is 1.71. The first-order valence-corrected chi connectivity index (χ1v) is 7.12. The monoisotopic (exact) mass is 279 g/mol. The van der Waals surface area contributed by atoms with Crippen molar-refractivity contribution in [2.45, 2.75) is 46.3 Å². The van der Waals surface area contributed by atoms with Crippen LogP contribution in [-0.4, -0.2) is 23.7 Å². The summed E-state index contributed by atoms with van der Waals surface area (Å²) in [5, 5.41) is 12.3. The van der Waals surface area contributed by atoms with Gasteiger partial charge in [-0.05, 0) is 43.9 Å². The molecule has 0 aliphatic rings. The predicted molar refractivity (Wildman–Crippen MR) is 79.6 cm³/mol. The van der Waals surface area contributed by atoms with Crippen molar-refractivity contribution < 1.29 is 14.6 Å². The van der Waals surface area contributed by atoms with Crippen LogP contribution in [0.4, 0.5) is 0 Å². The number of hydrogen-bond donors (Lipinski definition) is 2. The van der Waals surface area contributed by atoms with Gasteiger partial charge in [0, 0.05) is 6.54 Å². The highest BCUT2D eigenvalue weighted by atomic mass is 16.5. The van der Waals surface area contributed by atoms with Crippen LogP contribution in [-0.2, 0) is 4.79 Å². The highest BCUT2D eigenvalue weighted by Gasteiger charge is 2.14. The molecule has 1 aromatic carbocycles. The Labute approximate surface area is 121 Å². The Morgan fingerprint density at radius 1 is 1.20 bits per heavy atom. The van der Waals surface area contributed by atoms with Crippen molar-refractivity contribution in [3.63, 3.8) is 0 Å². The molecule has 4 heteroatoms. The third-order valence-electron chi connectivity index (χ3n) is 3.07. The Kier molecular flexibility index (Phi) is 6.52. The van der Waals surface area contributed by atoms with E-state index in [1.165, 1.54) is 0 Å². The minimum Gasteiger partial charge on any atom is -0.481 e. The van der Waals surface area contributed by atoms with Crippen LogP contribution in [0.15, 0.2) is 24.3 Å². The molecule has 0 heterocycles. The van der Waals surface area contributed by atoms with Gasteiger partial charge in [0.1, 0.15) is 5.75 Å². The average molecular weight is 279 g/mol. The fraction of sp³-hybridized carbons (Fsp3) is 0.562. The van der Waals surface area contributed by atoms with E-state index in [1.54, 1.807) is 38.1 Å². The summed E-state index contributed by atoms with van der Waals surface area (Å²) in [6.45, 7) is 8.35. The van der Waals surface area contributed by atoms with E-state index in [0.717, 1.165) is 12.0 Å². The molecule has 0 aliphatic carbocycles. The lowest BCUT2D eigenvalue weighted by molar-refractivity contribution is -0.127. The van der Waals surface area contributed by atoms with Crippen LogP contribution in [0.1, 0.15) is 45.8 Å². The Bertz CT molecular complexity index is 412. The van der Waals surface area contributed by atoms with Crippen molar-refractivity contribution >= 4 is 5.91 Å². The molecule has 0 aromatic heterocycles. The maximum Gasteiger partial charge on any atom is 0.260 e. The fourth-order valence-corrected chi connectivity index (χ4v) is 1.71. The number of aliphatic hydroxyl groups is 1. The van der Waals surface area contributed by atoms with Crippen LogP contribution in [0.5, 0.6) is 5.75 Å². The summed E-state index contributed by atoms with van der Waals surface area (Å²) in [7, 11) is 0. The summed E-state index contributed by atoms with van der Waals surface area (Å²) in [5.41, 5.74) is 0.825. The minimum absolute atomic E-state index is 0.106. The number of ether oxygens (including phenoxy) is 1. The summed E-state index contributed by atoms with van der Waals surface area (Å²) >= 11 is 0. The number of carbonyl (C=O) groups is 1. The number of rotatable bonds is 7. The second kappa shape index (κ2) is 7.90. The van der Waals surface area contributed by atoms with E-state index < -0.39 is 12.2 Å². The lowest BCUT2D eigenvalue weighted by atomic mass is 10.1. The molecule has 2 atom stereocenters. The van der Waals surface area contributed by atoms with Gasteiger partial charge in [-0.2, -0.15) is 0 Å². The van der Waals surface area contributed by atoms with E-state index in [-0.39, 0.29) is 5.91 Å². The maximum absolute atomic E-state index is 11.8. The zero-order chi connectivity index (χ0) is 15.1. The molecule has 20 heavy (non-hydrogen) atoms. The first-order chi connectivity index (χ1) is 9.40. The van der Waals surface area contributed by atoms with Gasteiger partial charge in [-0.25, -0.2) is 0 Å². The third kappa shape index (κ3) is 5.61. The normalized spacial score (nSPS) is 13.9. The molecule has 2 N–H and O–H groups in total. The van der Waals surface area contributed by atoms with Crippen LogP contribution in [0.25, 0.3) is 0 Å². The first kappa shape index (κ1) is 16.5. The van der Waals surface area contributed by atoms with Crippen LogP contribution < -0.4 is 10.1 Å². The molecule has 112 valence electrons. The maximum atomic E-state index is 11.8. The van der Waals surface area contributed by atoms with Crippen LogP contribution >= 0.6 is 0 Å². The molecule has 0 aliphatic heterocycles. The molecule has 0 radical (unpaired) electrons. The van der Waals surface area contributed by atoms with E-state index in [1.807, 2.05) is 0 Å². The SMILES string of the molecule is CC(C)CCNC(=O)C(C)Oc1ccc(C(C)O)cc1. The highest BCUT2D eigenvalue weighted by molar-refractivity contribution is 5.80. The molecule has 0 fully saturated rings. The van der Waals surface area contributed by atoms with Crippen LogP contribution in [0.3, 0.4) is 0 Å². The molecular weight excluding hydrogens is 254 g/mol. The van der Waals surface area contributed by atoms with Gasteiger partial charge in [0.15, 0.2) is 6.10 Å². The zero-order valence-electron chi connectivity index (χ0n) is 12.7. The summed E-state index contributed by atoms with van der Waals surface area (Å²) in [6, 6.07) is 7.12. The topological polar surface area (TPSA) is 58.6 Å². The molecule has 1 aromatic rings. The Morgan fingerprint density at radius 3 is 2.30 bits per heavy atom. The Balaban J connectivity index is 2.44. The largest absolute Gasteiger partial charge is 0.481 e. The molecule has 0 saturated heterocycles. The van der Waals surface area contributed by atoms with E-state index in [0.29, 0.717) is 18.2 Å². The molecule has 4 nitrogen and oxygen atoms in total. The number of carbonyl (C=O) groups excluding carboxylic acids is 1. The van der Waals surface area contributed by atoms with Gasteiger partial charge < -0.3 is 15.2 Å². The first-order valence-electron chi connectivity index (χ1n) is 7.12. The zero-order valence-corrected chi connectivity index (χ0v) is 12.7. The number of benzene rings is 1. The van der Waals surface area contributed by atoms with Crippen LogP contribution in [0.2, 0.25) is 0 Å². The number of aliphatic hydroxyl groups excluding tert-OH is 1. The highest BCUT2D eigenvalue weighted by Crippen LogP contribution is 2.18. The van der Waals surface area contributed by atoms with E-state index in [4.69, 9.17) is 4.74 Å². The standard InChI is InChI=1S/C16H25NO3/c1-11(2)9-10-17-16(19)13(4)20-15-7-5-14(6-8-15)12(3)18/h5-8,11-13,18H,9-10H2,1-4H3,(H,17,19).